The molecule has 0 radical (unpaired) electrons. The van der Waals surface area contributed by atoms with Gasteiger partial charge in [-0.2, -0.15) is 0 Å². The number of carbonyl (C=O) groups excluding carboxylic acids is 1. The zero-order valence-corrected chi connectivity index (χ0v) is 22.2. The number of halogens is 1. The predicted molar refractivity (Wildman–Crippen MR) is 148 cm³/mol. The predicted octanol–water partition coefficient (Wildman–Crippen LogP) is 4.01. The van der Waals surface area contributed by atoms with Crippen molar-refractivity contribution in [2.24, 2.45) is 0 Å². The van der Waals surface area contributed by atoms with Crippen LogP contribution in [0, 0.1) is 18.8 Å². The molecule has 37 heavy (non-hydrogen) atoms. The topological polar surface area (TPSA) is 114 Å². The number of aryl methyl sites for hydroxylation is 1. The average Bonchev–Trinajstić information content (AvgIpc) is 2.89. The first kappa shape index (κ1) is 26.4. The van der Waals surface area contributed by atoms with Crippen molar-refractivity contribution in [2.45, 2.75) is 39.7 Å². The van der Waals surface area contributed by atoms with Crippen LogP contribution in [-0.4, -0.2) is 62.9 Å². The number of amides is 1. The van der Waals surface area contributed by atoms with Gasteiger partial charge in [-0.15, -0.1) is 0 Å². The van der Waals surface area contributed by atoms with Crippen molar-refractivity contribution in [3.8, 4) is 23.1 Å². The summed E-state index contributed by atoms with van der Waals surface area (Å²) in [6.07, 6.45) is 3.85. The van der Waals surface area contributed by atoms with E-state index in [4.69, 9.17) is 23.1 Å². The van der Waals surface area contributed by atoms with Crippen LogP contribution in [0.3, 0.4) is 0 Å². The van der Waals surface area contributed by atoms with E-state index >= 15 is 0 Å². The molecule has 192 valence electrons. The molecule has 1 fully saturated rings. The Kier molecular flexibility index (Phi) is 8.27. The standard InChI is InChI=1S/C28H32ClN7O/c1-4-21(5-2)35-12-14-36(15-13-35)27(37)23-10-8-20(16-24(23)29)26-22(18(3)33-28(31)34-26)9-6-19-7-11-25(30)32-17-19/h7-8,10-11,16-17,21H,4-5,12-15H2,1-3H3,(H2,30,32)(H2,31,33,34). The van der Waals surface area contributed by atoms with Crippen LogP contribution in [-0.2, 0) is 0 Å². The molecule has 4 N–H and O–H groups in total. The minimum Gasteiger partial charge on any atom is -0.384 e. The molecule has 0 spiro atoms. The lowest BCUT2D eigenvalue weighted by Crippen LogP contribution is -2.51. The molecule has 0 bridgehead atoms. The SMILES string of the molecule is CCC(CC)N1CCN(C(=O)c2ccc(-c3nc(N)nc(C)c3C#Cc3ccc(N)nc3)cc2Cl)CC1. The second kappa shape index (κ2) is 11.6. The average molecular weight is 518 g/mol. The molecule has 3 heterocycles. The van der Waals surface area contributed by atoms with Crippen molar-refractivity contribution in [2.75, 3.05) is 37.6 Å². The van der Waals surface area contributed by atoms with Crippen LogP contribution in [0.2, 0.25) is 5.02 Å². The summed E-state index contributed by atoms with van der Waals surface area (Å²) in [5, 5.41) is 0.362. The Morgan fingerprint density at radius 2 is 1.78 bits per heavy atom. The second-order valence-corrected chi connectivity index (χ2v) is 9.51. The number of rotatable bonds is 5. The van der Waals surface area contributed by atoms with Gasteiger partial charge in [-0.1, -0.05) is 43.4 Å². The number of piperazine rings is 1. The Morgan fingerprint density at radius 3 is 2.41 bits per heavy atom. The number of aromatic nitrogens is 3. The molecule has 9 heteroatoms. The van der Waals surface area contributed by atoms with E-state index in [1.54, 1.807) is 30.5 Å². The highest BCUT2D eigenvalue weighted by Crippen LogP contribution is 2.29. The van der Waals surface area contributed by atoms with E-state index < -0.39 is 0 Å². The van der Waals surface area contributed by atoms with Gasteiger partial charge in [0.1, 0.15) is 5.82 Å². The Bertz CT molecular complexity index is 1340. The molecule has 0 atom stereocenters. The number of anilines is 2. The van der Waals surface area contributed by atoms with E-state index in [2.05, 4.69) is 45.5 Å². The molecule has 8 nitrogen and oxygen atoms in total. The third-order valence-corrected chi connectivity index (χ3v) is 7.07. The molecule has 0 saturated carbocycles. The zero-order valence-electron chi connectivity index (χ0n) is 21.5. The fourth-order valence-electron chi connectivity index (χ4n) is 4.67. The fraction of sp³-hybridized carbons (Fsp3) is 0.357. The minimum atomic E-state index is -0.0602. The number of nitrogens with two attached hydrogens (primary N) is 2. The zero-order chi connectivity index (χ0) is 26.5. The van der Waals surface area contributed by atoms with Crippen molar-refractivity contribution in [3.05, 3.63) is 63.9 Å². The number of carbonyl (C=O) groups is 1. The fourth-order valence-corrected chi connectivity index (χ4v) is 4.93. The lowest BCUT2D eigenvalue weighted by Gasteiger charge is -2.39. The first-order valence-electron chi connectivity index (χ1n) is 12.5. The number of nitrogens with zero attached hydrogens (tertiary/aromatic N) is 5. The lowest BCUT2D eigenvalue weighted by atomic mass is 10.0. The summed E-state index contributed by atoms with van der Waals surface area (Å²) in [6.45, 7) is 9.38. The molecule has 1 saturated heterocycles. The van der Waals surface area contributed by atoms with Gasteiger partial charge in [-0.05, 0) is 44.0 Å². The molecule has 3 aromatic rings. The molecule has 1 aromatic carbocycles. The highest BCUT2D eigenvalue weighted by molar-refractivity contribution is 6.34. The van der Waals surface area contributed by atoms with Crippen LogP contribution in [0.1, 0.15) is 53.9 Å². The summed E-state index contributed by atoms with van der Waals surface area (Å²) in [7, 11) is 0. The molecule has 1 aliphatic heterocycles. The third-order valence-electron chi connectivity index (χ3n) is 6.76. The molecule has 1 aliphatic rings. The van der Waals surface area contributed by atoms with E-state index in [1.165, 1.54) is 0 Å². The number of nitrogen functional groups attached to an aromatic ring is 2. The van der Waals surface area contributed by atoms with E-state index in [9.17, 15) is 4.79 Å². The maximum Gasteiger partial charge on any atom is 0.255 e. The van der Waals surface area contributed by atoms with Gasteiger partial charge in [-0.3, -0.25) is 9.69 Å². The van der Waals surface area contributed by atoms with Crippen LogP contribution in [0.5, 0.6) is 0 Å². The van der Waals surface area contributed by atoms with E-state index in [1.807, 2.05) is 17.9 Å². The van der Waals surface area contributed by atoms with Crippen molar-refractivity contribution in [1.82, 2.24) is 24.8 Å². The van der Waals surface area contributed by atoms with Crippen LogP contribution < -0.4 is 11.5 Å². The Labute approximate surface area is 223 Å². The maximum absolute atomic E-state index is 13.3. The summed E-state index contributed by atoms with van der Waals surface area (Å²) >= 11 is 6.65. The van der Waals surface area contributed by atoms with Gasteiger partial charge in [0, 0.05) is 49.5 Å². The Balaban J connectivity index is 1.59. The lowest BCUT2D eigenvalue weighted by molar-refractivity contribution is 0.0560. The van der Waals surface area contributed by atoms with Crippen LogP contribution >= 0.6 is 11.6 Å². The van der Waals surface area contributed by atoms with Gasteiger partial charge in [0.15, 0.2) is 0 Å². The molecule has 2 aromatic heterocycles. The normalized spacial score (nSPS) is 13.9. The quantitative estimate of drug-likeness (QED) is 0.491. The smallest absolute Gasteiger partial charge is 0.255 e. The first-order chi connectivity index (χ1) is 17.8. The van der Waals surface area contributed by atoms with Gasteiger partial charge in [-0.25, -0.2) is 15.0 Å². The van der Waals surface area contributed by atoms with Gasteiger partial charge < -0.3 is 16.4 Å². The highest BCUT2D eigenvalue weighted by Gasteiger charge is 2.26. The van der Waals surface area contributed by atoms with E-state index in [-0.39, 0.29) is 11.9 Å². The molecule has 1 amide bonds. The van der Waals surface area contributed by atoms with Crippen LogP contribution in [0.15, 0.2) is 36.5 Å². The Hall–Kier alpha value is -3.67. The molecule has 0 aliphatic carbocycles. The van der Waals surface area contributed by atoms with Crippen molar-refractivity contribution >= 4 is 29.3 Å². The van der Waals surface area contributed by atoms with Gasteiger partial charge in [0.05, 0.1) is 27.5 Å². The summed E-state index contributed by atoms with van der Waals surface area (Å²) < 4.78 is 0. The minimum absolute atomic E-state index is 0.0602. The summed E-state index contributed by atoms with van der Waals surface area (Å²) in [5.74, 6) is 6.72. The first-order valence-corrected chi connectivity index (χ1v) is 12.9. The highest BCUT2D eigenvalue weighted by atomic mass is 35.5. The van der Waals surface area contributed by atoms with Crippen molar-refractivity contribution < 1.29 is 4.79 Å². The second-order valence-electron chi connectivity index (χ2n) is 9.11. The molecular formula is C28H32ClN7O. The molecular weight excluding hydrogens is 486 g/mol. The monoisotopic (exact) mass is 517 g/mol. The van der Waals surface area contributed by atoms with Crippen LogP contribution in [0.4, 0.5) is 11.8 Å². The Morgan fingerprint density at radius 1 is 1.05 bits per heavy atom. The number of pyridine rings is 1. The van der Waals surface area contributed by atoms with E-state index in [0.29, 0.717) is 63.6 Å². The van der Waals surface area contributed by atoms with Crippen molar-refractivity contribution in [3.63, 3.8) is 0 Å². The third kappa shape index (κ3) is 6.01. The summed E-state index contributed by atoms with van der Waals surface area (Å²) in [4.78, 5) is 30.4. The van der Waals surface area contributed by atoms with Gasteiger partial charge in [0.25, 0.3) is 5.91 Å². The molecule has 0 unspecified atom stereocenters. The molecule has 4 rings (SSSR count). The summed E-state index contributed by atoms with van der Waals surface area (Å²) in [6, 6.07) is 9.38. The van der Waals surface area contributed by atoms with Crippen LogP contribution in [0.25, 0.3) is 11.3 Å². The van der Waals surface area contributed by atoms with Gasteiger partial charge >= 0.3 is 0 Å². The maximum atomic E-state index is 13.3. The van der Waals surface area contributed by atoms with Gasteiger partial charge in [0.2, 0.25) is 5.95 Å². The van der Waals surface area contributed by atoms with Crippen molar-refractivity contribution in [1.29, 1.82) is 0 Å². The largest absolute Gasteiger partial charge is 0.384 e. The van der Waals surface area contributed by atoms with E-state index in [0.717, 1.165) is 25.9 Å². The number of benzene rings is 1. The number of hydrogen-bond donors (Lipinski definition) is 2. The summed E-state index contributed by atoms with van der Waals surface area (Å²) in [5.41, 5.74) is 15.3. The number of hydrogen-bond acceptors (Lipinski definition) is 7.